The van der Waals surface area contributed by atoms with Crippen LogP contribution in [0.5, 0.6) is 0 Å². The van der Waals surface area contributed by atoms with Crippen molar-refractivity contribution in [1.29, 1.82) is 0 Å². The van der Waals surface area contributed by atoms with Gasteiger partial charge in [0.1, 0.15) is 17.6 Å². The van der Waals surface area contributed by atoms with E-state index >= 15 is 0 Å². The van der Waals surface area contributed by atoms with Crippen molar-refractivity contribution < 1.29 is 18.4 Å². The minimum absolute atomic E-state index is 0.125. The Morgan fingerprint density at radius 1 is 1.38 bits per heavy atom. The predicted octanol–water partition coefficient (Wildman–Crippen LogP) is 1.71. The topological polar surface area (TPSA) is 78.6 Å². The van der Waals surface area contributed by atoms with Crippen LogP contribution in [-0.4, -0.2) is 13.1 Å². The van der Waals surface area contributed by atoms with Gasteiger partial charge in [0.2, 0.25) is 5.76 Å². The van der Waals surface area contributed by atoms with Crippen molar-refractivity contribution in [3.8, 4) is 0 Å². The molecule has 0 amide bonds. The largest absolute Gasteiger partial charge is 0.467 e. The molecule has 0 saturated carbocycles. The van der Waals surface area contributed by atoms with Gasteiger partial charge >= 0.3 is 5.97 Å². The number of nitrogens with two attached hydrogens (primary N) is 1. The Balaban J connectivity index is 2.22. The summed E-state index contributed by atoms with van der Waals surface area (Å²) in [6, 6.07) is 6.10. The Morgan fingerprint density at radius 2 is 2.19 bits per heavy atom. The van der Waals surface area contributed by atoms with Gasteiger partial charge in [-0.05, 0) is 24.3 Å². The molecule has 0 aromatic carbocycles. The van der Waals surface area contributed by atoms with Crippen LogP contribution in [0.1, 0.15) is 28.1 Å². The van der Waals surface area contributed by atoms with Crippen molar-refractivity contribution in [2.45, 2.75) is 6.04 Å². The molecule has 2 aromatic heterocycles. The molecular formula is C11H11NO4. The van der Waals surface area contributed by atoms with Gasteiger partial charge in [-0.15, -0.1) is 0 Å². The zero-order chi connectivity index (χ0) is 11.5. The van der Waals surface area contributed by atoms with Gasteiger partial charge in [-0.25, -0.2) is 4.79 Å². The molecule has 2 N–H and O–H groups in total. The van der Waals surface area contributed by atoms with Gasteiger partial charge < -0.3 is 19.3 Å². The fraction of sp³-hybridized carbons (Fsp3) is 0.182. The Bertz CT molecular complexity index is 472. The Morgan fingerprint density at radius 3 is 2.81 bits per heavy atom. The molecular weight excluding hydrogens is 210 g/mol. The monoisotopic (exact) mass is 221 g/mol. The van der Waals surface area contributed by atoms with E-state index in [0.29, 0.717) is 11.5 Å². The highest BCUT2D eigenvalue weighted by Crippen LogP contribution is 2.22. The van der Waals surface area contributed by atoms with Gasteiger partial charge in [-0.3, -0.25) is 0 Å². The van der Waals surface area contributed by atoms with Crippen molar-refractivity contribution in [1.82, 2.24) is 0 Å². The quantitative estimate of drug-likeness (QED) is 0.798. The average molecular weight is 221 g/mol. The molecule has 0 aliphatic carbocycles. The minimum Gasteiger partial charge on any atom is -0.467 e. The van der Waals surface area contributed by atoms with Gasteiger partial charge in [0.05, 0.1) is 13.4 Å². The third-order valence-corrected chi connectivity index (χ3v) is 2.17. The van der Waals surface area contributed by atoms with E-state index in [0.717, 1.165) is 0 Å². The number of ether oxygens (including phenoxy) is 1. The smallest absolute Gasteiger partial charge is 0.373 e. The maximum Gasteiger partial charge on any atom is 0.373 e. The molecule has 5 heteroatoms. The molecule has 1 atom stereocenters. The summed E-state index contributed by atoms with van der Waals surface area (Å²) in [6.45, 7) is 0. The van der Waals surface area contributed by atoms with Crippen molar-refractivity contribution in [2.75, 3.05) is 7.11 Å². The lowest BCUT2D eigenvalue weighted by molar-refractivity contribution is 0.0562. The number of hydrogen-bond donors (Lipinski definition) is 1. The lowest BCUT2D eigenvalue weighted by Gasteiger charge is -2.04. The van der Waals surface area contributed by atoms with E-state index in [1.165, 1.54) is 19.4 Å². The van der Waals surface area contributed by atoms with E-state index in [-0.39, 0.29) is 5.76 Å². The van der Waals surface area contributed by atoms with E-state index in [2.05, 4.69) is 4.74 Å². The van der Waals surface area contributed by atoms with Crippen LogP contribution < -0.4 is 5.73 Å². The van der Waals surface area contributed by atoms with Crippen LogP contribution in [0.4, 0.5) is 0 Å². The summed E-state index contributed by atoms with van der Waals surface area (Å²) in [4.78, 5) is 11.2. The summed E-state index contributed by atoms with van der Waals surface area (Å²) in [7, 11) is 1.29. The summed E-state index contributed by atoms with van der Waals surface area (Å²) in [6.07, 6.45) is 1.53. The molecule has 2 aromatic rings. The summed E-state index contributed by atoms with van der Waals surface area (Å²) in [5.74, 6) is 0.624. The van der Waals surface area contributed by atoms with Gasteiger partial charge in [0.15, 0.2) is 0 Å². The molecule has 0 radical (unpaired) electrons. The fourth-order valence-electron chi connectivity index (χ4n) is 1.34. The first-order chi connectivity index (χ1) is 7.72. The number of rotatable bonds is 3. The van der Waals surface area contributed by atoms with Crippen LogP contribution in [0.15, 0.2) is 39.4 Å². The number of methoxy groups -OCH3 is 1. The van der Waals surface area contributed by atoms with Gasteiger partial charge in [0.25, 0.3) is 0 Å². The first-order valence-corrected chi connectivity index (χ1v) is 4.69. The van der Waals surface area contributed by atoms with Gasteiger partial charge in [-0.2, -0.15) is 0 Å². The second-order valence-electron chi connectivity index (χ2n) is 3.19. The number of hydrogen-bond acceptors (Lipinski definition) is 5. The van der Waals surface area contributed by atoms with Crippen LogP contribution in [0.3, 0.4) is 0 Å². The predicted molar refractivity (Wildman–Crippen MR) is 54.8 cm³/mol. The average Bonchev–Trinajstić information content (AvgIpc) is 2.97. The van der Waals surface area contributed by atoms with E-state index in [9.17, 15) is 4.79 Å². The molecule has 16 heavy (non-hydrogen) atoms. The van der Waals surface area contributed by atoms with Crippen molar-refractivity contribution in [3.05, 3.63) is 47.8 Å². The lowest BCUT2D eigenvalue weighted by Crippen LogP contribution is -2.09. The highest BCUT2D eigenvalue weighted by atomic mass is 16.5. The number of carbonyl (C=O) groups is 1. The van der Waals surface area contributed by atoms with E-state index in [1.807, 2.05) is 0 Å². The number of carbonyl (C=O) groups excluding carboxylic acids is 1. The van der Waals surface area contributed by atoms with E-state index in [4.69, 9.17) is 14.6 Å². The first kappa shape index (κ1) is 10.5. The molecule has 0 aliphatic rings. The molecule has 0 fully saturated rings. The Labute approximate surface area is 91.8 Å². The molecule has 2 heterocycles. The third-order valence-electron chi connectivity index (χ3n) is 2.17. The number of esters is 1. The maximum absolute atomic E-state index is 11.2. The maximum atomic E-state index is 11.2. The SMILES string of the molecule is COC(=O)c1ccc(C(N)c2ccco2)o1. The normalized spacial score (nSPS) is 12.4. The Hall–Kier alpha value is -2.01. The van der Waals surface area contributed by atoms with Crippen molar-refractivity contribution in [2.24, 2.45) is 5.73 Å². The van der Waals surface area contributed by atoms with E-state index in [1.54, 1.807) is 18.2 Å². The van der Waals surface area contributed by atoms with Crippen LogP contribution in [0.2, 0.25) is 0 Å². The molecule has 1 unspecified atom stereocenters. The van der Waals surface area contributed by atoms with Gasteiger partial charge in [0, 0.05) is 0 Å². The standard InChI is InChI=1S/C11H11NO4/c1-14-11(13)9-5-4-8(16-9)10(12)7-3-2-6-15-7/h2-6,10H,12H2,1H3. The first-order valence-electron chi connectivity index (χ1n) is 4.69. The summed E-state index contributed by atoms with van der Waals surface area (Å²) < 4.78 is 14.9. The molecule has 2 rings (SSSR count). The number of furan rings is 2. The second-order valence-corrected chi connectivity index (χ2v) is 3.19. The Kier molecular flexibility index (Phi) is 2.78. The lowest BCUT2D eigenvalue weighted by atomic mass is 10.2. The highest BCUT2D eigenvalue weighted by molar-refractivity contribution is 5.86. The third kappa shape index (κ3) is 1.85. The zero-order valence-electron chi connectivity index (χ0n) is 8.67. The highest BCUT2D eigenvalue weighted by Gasteiger charge is 2.18. The van der Waals surface area contributed by atoms with Crippen LogP contribution in [0, 0.1) is 0 Å². The zero-order valence-corrected chi connectivity index (χ0v) is 8.67. The van der Waals surface area contributed by atoms with E-state index < -0.39 is 12.0 Å². The molecule has 0 spiro atoms. The van der Waals surface area contributed by atoms with Crippen molar-refractivity contribution >= 4 is 5.97 Å². The molecule has 0 aliphatic heterocycles. The summed E-state index contributed by atoms with van der Waals surface area (Å²) >= 11 is 0. The van der Waals surface area contributed by atoms with Crippen LogP contribution in [0.25, 0.3) is 0 Å². The summed E-state index contributed by atoms with van der Waals surface area (Å²) in [5.41, 5.74) is 5.88. The molecule has 5 nitrogen and oxygen atoms in total. The second kappa shape index (κ2) is 4.24. The minimum atomic E-state index is -0.530. The molecule has 0 saturated heterocycles. The van der Waals surface area contributed by atoms with Crippen LogP contribution in [-0.2, 0) is 4.74 Å². The van der Waals surface area contributed by atoms with Crippen LogP contribution >= 0.6 is 0 Å². The summed E-state index contributed by atoms with van der Waals surface area (Å²) in [5, 5.41) is 0. The molecule has 84 valence electrons. The fourth-order valence-corrected chi connectivity index (χ4v) is 1.34. The van der Waals surface area contributed by atoms with Gasteiger partial charge in [-0.1, -0.05) is 0 Å². The molecule has 0 bridgehead atoms. The van der Waals surface area contributed by atoms with Crippen molar-refractivity contribution in [3.63, 3.8) is 0 Å².